The summed E-state index contributed by atoms with van der Waals surface area (Å²) in [5, 5.41) is 11.0. The van der Waals surface area contributed by atoms with Gasteiger partial charge in [0.25, 0.3) is 0 Å². The van der Waals surface area contributed by atoms with Crippen LogP contribution in [0.1, 0.15) is 13.3 Å². The van der Waals surface area contributed by atoms with E-state index < -0.39 is 0 Å². The van der Waals surface area contributed by atoms with Crippen molar-refractivity contribution in [2.45, 2.75) is 13.3 Å². The molecule has 0 bridgehead atoms. The zero-order chi connectivity index (χ0) is 15.3. The number of ether oxygens (including phenoxy) is 1. The molecular weight excluding hydrogens is 410 g/mol. The van der Waals surface area contributed by atoms with Crippen molar-refractivity contribution in [1.82, 2.24) is 0 Å². The van der Waals surface area contributed by atoms with E-state index in [1.165, 1.54) is 35.0 Å². The third-order valence-corrected chi connectivity index (χ3v) is 2.56. The third-order valence-electron chi connectivity index (χ3n) is 2.56. The number of fused-ring (bicyclic) bond motifs is 1. The normalized spacial score (nSPS) is 10.9. The molecule has 124 valence electrons. The molecule has 0 saturated heterocycles. The zero-order valence-corrected chi connectivity index (χ0v) is 17.0. The molecule has 0 aromatic heterocycles. The van der Waals surface area contributed by atoms with E-state index in [9.17, 15) is 0 Å². The molecular formula is C18H20Cl2O2Zr-2. The van der Waals surface area contributed by atoms with Crippen LogP contribution in [0.2, 0.25) is 0 Å². The maximum Gasteiger partial charge on any atom is 0.107 e. The monoisotopic (exact) mass is 428 g/mol. The quantitative estimate of drug-likeness (QED) is 0.549. The summed E-state index contributed by atoms with van der Waals surface area (Å²) in [7, 11) is 0. The van der Waals surface area contributed by atoms with Gasteiger partial charge in [-0.05, 0) is 0 Å². The molecule has 0 unspecified atom stereocenters. The molecule has 1 aliphatic carbocycles. The van der Waals surface area contributed by atoms with Crippen LogP contribution in [0.25, 0.3) is 10.8 Å². The average molecular weight is 430 g/mol. The minimum atomic E-state index is 0. The number of rotatable bonds is 3. The number of halogens is 2. The molecule has 0 amide bonds. The van der Waals surface area contributed by atoms with Gasteiger partial charge >= 0.3 is 34.9 Å². The second kappa shape index (κ2) is 16.3. The Morgan fingerprint density at radius 2 is 2.00 bits per heavy atom. The van der Waals surface area contributed by atoms with Gasteiger partial charge in [0.05, 0.1) is 6.61 Å². The second-order valence-corrected chi connectivity index (χ2v) is 5.58. The van der Waals surface area contributed by atoms with Gasteiger partial charge in [0, 0.05) is 0 Å². The molecule has 0 atom stereocenters. The summed E-state index contributed by atoms with van der Waals surface area (Å²) in [6.07, 6.45) is 7.62. The number of hydrogen-bond donors (Lipinski definition) is 1. The molecule has 1 aliphatic rings. The minimum absolute atomic E-state index is 0. The van der Waals surface area contributed by atoms with Gasteiger partial charge in [0.15, 0.2) is 0 Å². The number of aliphatic hydroxyl groups excluding tert-OH is 1. The van der Waals surface area contributed by atoms with Crippen molar-refractivity contribution in [3.05, 3.63) is 66.5 Å². The first-order chi connectivity index (χ1) is 10.3. The van der Waals surface area contributed by atoms with E-state index in [-0.39, 0.29) is 31.4 Å². The fourth-order valence-electron chi connectivity index (χ4n) is 1.71. The second-order valence-electron chi connectivity index (χ2n) is 4.16. The molecule has 2 aromatic rings. The van der Waals surface area contributed by atoms with Gasteiger partial charge in [-0.15, -0.1) is 36.1 Å². The predicted molar refractivity (Wildman–Crippen MR) is 84.8 cm³/mol. The molecule has 23 heavy (non-hydrogen) atoms. The Balaban J connectivity index is 0. The maximum atomic E-state index is 8.34. The molecule has 3 rings (SSSR count). The Morgan fingerprint density at radius 1 is 1.30 bits per heavy atom. The third kappa shape index (κ3) is 10.7. The van der Waals surface area contributed by atoms with Crippen molar-refractivity contribution in [2.24, 2.45) is 0 Å². The molecule has 0 heterocycles. The molecule has 1 N–H and O–H groups in total. The van der Waals surface area contributed by atoms with E-state index in [0.717, 1.165) is 12.2 Å². The van der Waals surface area contributed by atoms with Crippen LogP contribution in [0, 0.1) is 6.08 Å². The van der Waals surface area contributed by atoms with Crippen molar-refractivity contribution in [3.8, 4) is 0 Å². The van der Waals surface area contributed by atoms with Crippen molar-refractivity contribution < 1.29 is 58.9 Å². The molecule has 0 radical (unpaired) electrons. The summed E-state index contributed by atoms with van der Waals surface area (Å²) in [5.74, 6) is 0.754. The zero-order valence-electron chi connectivity index (χ0n) is 13.0. The fourth-order valence-corrected chi connectivity index (χ4v) is 1.71. The van der Waals surface area contributed by atoms with Crippen LogP contribution < -0.4 is 24.8 Å². The van der Waals surface area contributed by atoms with Gasteiger partial charge in [0.1, 0.15) is 6.61 Å². The predicted octanol–water partition coefficient (Wildman–Crippen LogP) is -2.44. The van der Waals surface area contributed by atoms with Crippen LogP contribution in [-0.4, -0.2) is 22.0 Å². The SMILES string of the molecule is C[CH]=[Zr+2].OCCOC1=[C-]CC=C1.[Cl-].[Cl-].c1ccc2[cH-]ccc2c1. The van der Waals surface area contributed by atoms with Crippen LogP contribution in [0.15, 0.2) is 60.4 Å². The molecule has 0 saturated carbocycles. The first-order valence-electron chi connectivity index (χ1n) is 6.88. The number of aliphatic hydroxyl groups is 1. The number of allylic oxidation sites excluding steroid dienone is 3. The summed E-state index contributed by atoms with van der Waals surface area (Å²) < 4.78 is 7.11. The Morgan fingerprint density at radius 3 is 2.57 bits per heavy atom. The van der Waals surface area contributed by atoms with Gasteiger partial charge in [-0.2, -0.15) is 29.7 Å². The van der Waals surface area contributed by atoms with Crippen molar-refractivity contribution >= 4 is 14.5 Å². The Labute approximate surface area is 165 Å². The summed E-state index contributed by atoms with van der Waals surface area (Å²) in [6, 6.07) is 14.7. The molecule has 0 aliphatic heterocycles. The summed E-state index contributed by atoms with van der Waals surface area (Å²) in [6.45, 7) is 2.48. The van der Waals surface area contributed by atoms with Gasteiger partial charge in [0.2, 0.25) is 0 Å². The van der Waals surface area contributed by atoms with E-state index in [1.54, 1.807) is 0 Å². The van der Waals surface area contributed by atoms with Gasteiger partial charge in [-0.25, -0.2) is 6.08 Å². The van der Waals surface area contributed by atoms with Gasteiger partial charge < -0.3 is 34.7 Å². The average Bonchev–Trinajstić information content (AvgIpc) is 3.18. The Kier molecular flexibility index (Phi) is 17.4. The molecule has 0 spiro atoms. The van der Waals surface area contributed by atoms with Crippen LogP contribution in [0.3, 0.4) is 0 Å². The van der Waals surface area contributed by atoms with Gasteiger partial charge in [-0.1, -0.05) is 11.8 Å². The maximum absolute atomic E-state index is 8.34. The smallest absolute Gasteiger partial charge is 0.107 e. The van der Waals surface area contributed by atoms with E-state index in [0.29, 0.717) is 6.61 Å². The number of hydrogen-bond acceptors (Lipinski definition) is 2. The minimum Gasteiger partial charge on any atom is -1.00 e. The van der Waals surface area contributed by atoms with Crippen molar-refractivity contribution in [1.29, 1.82) is 0 Å². The standard InChI is InChI=1S/C9H7.C7H9O2.C2H4.2ClH.Zr/c1-2-5-9-7-3-6-8(9)4-1;8-5-6-9-7-3-1-2-4-7;1-2;;;/h1-7H;1,3,8H,2,5-6H2;1H,2H3;2*1H;/q2*-1;;;;+2/p-2. The number of benzene rings is 1. The van der Waals surface area contributed by atoms with E-state index in [4.69, 9.17) is 9.84 Å². The van der Waals surface area contributed by atoms with Crippen LogP contribution >= 0.6 is 0 Å². The van der Waals surface area contributed by atoms with E-state index >= 15 is 0 Å². The molecule has 0 fully saturated rings. The van der Waals surface area contributed by atoms with Gasteiger partial charge in [-0.3, -0.25) is 0 Å². The van der Waals surface area contributed by atoms with Crippen molar-refractivity contribution in [2.75, 3.05) is 13.2 Å². The van der Waals surface area contributed by atoms with Crippen molar-refractivity contribution in [3.63, 3.8) is 0 Å². The summed E-state index contributed by atoms with van der Waals surface area (Å²) >= 11 is 1.51. The first-order valence-corrected chi connectivity index (χ1v) is 8.30. The largest absolute Gasteiger partial charge is 1.00 e. The van der Waals surface area contributed by atoms with E-state index in [1.807, 2.05) is 19.1 Å². The molecule has 2 aromatic carbocycles. The Bertz CT molecular complexity index is 561. The van der Waals surface area contributed by atoms with Crippen LogP contribution in [0.5, 0.6) is 0 Å². The van der Waals surface area contributed by atoms with E-state index in [2.05, 4.69) is 52.2 Å². The fraction of sp³-hybridized carbons (Fsp3) is 0.222. The topological polar surface area (TPSA) is 29.5 Å². The summed E-state index contributed by atoms with van der Waals surface area (Å²) in [5.41, 5.74) is 0. The Hall–Kier alpha value is -0.597. The molecule has 2 nitrogen and oxygen atoms in total. The first kappa shape index (κ1) is 24.7. The molecule has 5 heteroatoms. The van der Waals surface area contributed by atoms with Crippen LogP contribution in [0.4, 0.5) is 0 Å². The summed E-state index contributed by atoms with van der Waals surface area (Å²) in [4.78, 5) is 0. The van der Waals surface area contributed by atoms with Crippen LogP contribution in [-0.2, 0) is 29.0 Å².